The maximum absolute atomic E-state index is 3.60. The molecule has 2 N–H and O–H groups in total. The molecule has 0 aromatic rings. The van der Waals surface area contributed by atoms with E-state index in [1.54, 1.807) is 0 Å². The van der Waals surface area contributed by atoms with Crippen molar-refractivity contribution in [1.82, 2.24) is 10.6 Å². The molecule has 0 spiro atoms. The van der Waals surface area contributed by atoms with Crippen LogP contribution in [0.2, 0.25) is 0 Å². The Morgan fingerprint density at radius 1 is 0.727 bits per heavy atom. The Bertz CT molecular complexity index is 461. The second-order valence-electron chi connectivity index (χ2n) is 7.75. The highest BCUT2D eigenvalue weighted by Crippen LogP contribution is 2.30. The van der Waals surface area contributed by atoms with E-state index in [0.717, 1.165) is 8.97 Å². The lowest BCUT2D eigenvalue weighted by atomic mass is 10.2. The van der Waals surface area contributed by atoms with E-state index in [1.807, 2.05) is 0 Å². The van der Waals surface area contributed by atoms with Crippen molar-refractivity contribution in [2.75, 3.05) is 27.2 Å². The fraction of sp³-hybridized carbons (Fsp3) is 0.778. The minimum absolute atomic E-state index is 0.501. The summed E-state index contributed by atoms with van der Waals surface area (Å²) in [7, 11) is 4.74. The fourth-order valence-corrected chi connectivity index (χ4v) is 4.07. The summed E-state index contributed by atoms with van der Waals surface area (Å²) in [6.07, 6.45) is 3.56. The van der Waals surface area contributed by atoms with Crippen molar-refractivity contribution in [2.24, 2.45) is 0 Å². The lowest BCUT2D eigenvalue weighted by Crippen LogP contribution is -2.52. The van der Waals surface area contributed by atoms with Crippen LogP contribution in [0.3, 0.4) is 0 Å². The molecule has 0 radical (unpaired) electrons. The largest absolute Gasteiger partial charge is 0.335 e. The molecule has 0 fully saturated rings. The third kappa shape index (κ3) is 2.67. The zero-order valence-corrected chi connectivity index (χ0v) is 15.9. The molecule has 0 saturated heterocycles. The average molecular weight is 309 g/mol. The normalized spacial score (nSPS) is 38.5. The van der Waals surface area contributed by atoms with Crippen LogP contribution >= 0.6 is 0 Å². The number of nitrogens with one attached hydrogen (secondary N) is 2. The number of hydrogen-bond acceptors (Lipinski definition) is 2. The van der Waals surface area contributed by atoms with Gasteiger partial charge in [-0.3, -0.25) is 8.97 Å². The van der Waals surface area contributed by atoms with Gasteiger partial charge in [-0.1, -0.05) is 0 Å². The smallest absolute Gasteiger partial charge is 0.163 e. The number of nitrogens with zero attached hydrogens (tertiary/aromatic N) is 2. The first-order valence-electron chi connectivity index (χ1n) is 8.72. The quantitative estimate of drug-likeness (QED) is 0.602. The third-order valence-corrected chi connectivity index (χ3v) is 6.67. The van der Waals surface area contributed by atoms with Crippen molar-refractivity contribution in [2.45, 2.75) is 66.7 Å². The van der Waals surface area contributed by atoms with E-state index in [1.165, 1.54) is 48.7 Å². The van der Waals surface area contributed by atoms with Gasteiger partial charge in [0.25, 0.3) is 0 Å². The number of allylic oxidation sites excluding steroid dienone is 4. The van der Waals surface area contributed by atoms with Crippen LogP contribution in [0.15, 0.2) is 22.8 Å². The highest BCUT2D eigenvalue weighted by Gasteiger charge is 2.40. The van der Waals surface area contributed by atoms with E-state index in [2.05, 4.69) is 66.3 Å². The molecule has 4 heteroatoms. The molecule has 0 aromatic heterocycles. The Balaban J connectivity index is 1.91. The zero-order chi connectivity index (χ0) is 16.7. The van der Waals surface area contributed by atoms with Crippen LogP contribution in [0.25, 0.3) is 0 Å². The highest BCUT2D eigenvalue weighted by atomic mass is 15.5. The SMILES string of the molecule is CC1=C(C)[N+](C)(CCCC[N+]2(C)C(C)=C(C)NC2C)C(C)N1. The minimum Gasteiger partial charge on any atom is -0.335 e. The Labute approximate surface area is 137 Å². The topological polar surface area (TPSA) is 24.1 Å². The number of quaternary nitrogens is 2. The molecule has 2 aliphatic heterocycles. The standard InChI is InChI=1S/C18H36N4/c1-13-15(3)21(7,17(5)19-13)11-9-10-12-22(8)16(4)14(2)20-18(22)6/h17-20H,9-12H2,1-8H3/q+2. The monoisotopic (exact) mass is 308 g/mol. The van der Waals surface area contributed by atoms with Crippen LogP contribution in [0.4, 0.5) is 0 Å². The van der Waals surface area contributed by atoms with Gasteiger partial charge in [0.05, 0.1) is 38.6 Å². The highest BCUT2D eigenvalue weighted by molar-refractivity contribution is 5.07. The van der Waals surface area contributed by atoms with Crippen LogP contribution in [0.1, 0.15) is 54.4 Å². The van der Waals surface area contributed by atoms with Gasteiger partial charge in [-0.05, 0) is 13.8 Å². The molecule has 4 atom stereocenters. The van der Waals surface area contributed by atoms with Gasteiger partial charge in [-0.25, -0.2) is 0 Å². The van der Waals surface area contributed by atoms with Gasteiger partial charge in [-0.15, -0.1) is 0 Å². The van der Waals surface area contributed by atoms with Gasteiger partial charge in [-0.2, -0.15) is 0 Å². The third-order valence-electron chi connectivity index (χ3n) is 6.67. The molecule has 0 amide bonds. The van der Waals surface area contributed by atoms with Gasteiger partial charge >= 0.3 is 0 Å². The van der Waals surface area contributed by atoms with Crippen molar-refractivity contribution >= 4 is 0 Å². The molecule has 4 unspecified atom stereocenters. The predicted octanol–water partition coefficient (Wildman–Crippen LogP) is 3.06. The Morgan fingerprint density at radius 2 is 1.05 bits per heavy atom. The van der Waals surface area contributed by atoms with Gasteiger partial charge < -0.3 is 10.6 Å². The summed E-state index contributed by atoms with van der Waals surface area (Å²) in [6.45, 7) is 16.0. The predicted molar refractivity (Wildman–Crippen MR) is 93.3 cm³/mol. The lowest BCUT2D eigenvalue weighted by Gasteiger charge is -2.37. The number of unbranched alkanes of at least 4 members (excludes halogenated alkanes) is 1. The molecule has 0 aromatic carbocycles. The molecule has 2 rings (SSSR count). The van der Waals surface area contributed by atoms with Crippen LogP contribution in [0, 0.1) is 0 Å². The molecule has 2 heterocycles. The van der Waals surface area contributed by atoms with E-state index in [0.29, 0.717) is 12.3 Å². The molecule has 0 aliphatic carbocycles. The Kier molecular flexibility index (Phi) is 4.65. The molecular formula is C18H36N4+2. The van der Waals surface area contributed by atoms with E-state index < -0.39 is 0 Å². The zero-order valence-electron chi connectivity index (χ0n) is 15.9. The van der Waals surface area contributed by atoms with Crippen LogP contribution in [0.5, 0.6) is 0 Å². The molecule has 22 heavy (non-hydrogen) atoms. The molecule has 0 saturated carbocycles. The van der Waals surface area contributed by atoms with E-state index in [4.69, 9.17) is 0 Å². The summed E-state index contributed by atoms with van der Waals surface area (Å²) in [6, 6.07) is 0. The number of hydrogen-bond donors (Lipinski definition) is 2. The summed E-state index contributed by atoms with van der Waals surface area (Å²) < 4.78 is 2.11. The summed E-state index contributed by atoms with van der Waals surface area (Å²) in [5, 5.41) is 7.19. The summed E-state index contributed by atoms with van der Waals surface area (Å²) in [5.74, 6) is 0. The first-order valence-corrected chi connectivity index (χ1v) is 8.72. The maximum atomic E-state index is 3.60. The second-order valence-corrected chi connectivity index (χ2v) is 7.75. The average Bonchev–Trinajstić information content (AvgIpc) is 2.77. The van der Waals surface area contributed by atoms with Crippen LogP contribution in [-0.2, 0) is 0 Å². The molecule has 4 nitrogen and oxygen atoms in total. The molecule has 2 aliphatic rings. The first-order chi connectivity index (χ1) is 10.1. The molecule has 126 valence electrons. The molecular weight excluding hydrogens is 272 g/mol. The van der Waals surface area contributed by atoms with Gasteiger partial charge in [0.15, 0.2) is 12.3 Å². The van der Waals surface area contributed by atoms with Crippen LogP contribution < -0.4 is 10.6 Å². The van der Waals surface area contributed by atoms with Crippen molar-refractivity contribution in [3.8, 4) is 0 Å². The van der Waals surface area contributed by atoms with E-state index in [9.17, 15) is 0 Å². The van der Waals surface area contributed by atoms with E-state index in [-0.39, 0.29) is 0 Å². The van der Waals surface area contributed by atoms with Crippen molar-refractivity contribution in [3.63, 3.8) is 0 Å². The van der Waals surface area contributed by atoms with Gasteiger partial charge in [0.2, 0.25) is 0 Å². The summed E-state index contributed by atoms with van der Waals surface area (Å²) >= 11 is 0. The van der Waals surface area contributed by atoms with Gasteiger partial charge in [0, 0.05) is 40.5 Å². The van der Waals surface area contributed by atoms with Crippen molar-refractivity contribution in [1.29, 1.82) is 0 Å². The maximum Gasteiger partial charge on any atom is 0.163 e. The summed E-state index contributed by atoms with van der Waals surface area (Å²) in [5.41, 5.74) is 5.72. The first kappa shape index (κ1) is 17.4. The second kappa shape index (κ2) is 5.89. The van der Waals surface area contributed by atoms with Gasteiger partial charge in [0.1, 0.15) is 11.4 Å². The number of rotatable bonds is 5. The van der Waals surface area contributed by atoms with Crippen molar-refractivity contribution in [3.05, 3.63) is 22.8 Å². The molecule has 0 bridgehead atoms. The Morgan fingerprint density at radius 3 is 1.27 bits per heavy atom. The van der Waals surface area contributed by atoms with Crippen LogP contribution in [-0.4, -0.2) is 48.5 Å². The fourth-order valence-electron chi connectivity index (χ4n) is 4.07. The lowest BCUT2D eigenvalue weighted by molar-refractivity contribution is -0.898. The van der Waals surface area contributed by atoms with E-state index >= 15 is 0 Å². The summed E-state index contributed by atoms with van der Waals surface area (Å²) in [4.78, 5) is 0. The Hall–Kier alpha value is -1.00. The minimum atomic E-state index is 0.501. The van der Waals surface area contributed by atoms with Crippen molar-refractivity contribution < 1.29 is 8.97 Å².